The molecule has 1 heterocycles. The van der Waals surface area contributed by atoms with Crippen LogP contribution in [0.2, 0.25) is 0 Å². The van der Waals surface area contributed by atoms with E-state index in [0.717, 1.165) is 23.1 Å². The third-order valence-corrected chi connectivity index (χ3v) is 5.06. The molecule has 140 valence electrons. The molecule has 0 spiro atoms. The van der Waals surface area contributed by atoms with E-state index in [1.54, 1.807) is 13.8 Å². The highest BCUT2D eigenvalue weighted by molar-refractivity contribution is 6.23. The molecule has 1 amide bonds. The van der Waals surface area contributed by atoms with Gasteiger partial charge in [-0.25, -0.2) is 4.79 Å². The molecule has 0 saturated heterocycles. The Kier molecular flexibility index (Phi) is 4.69. The Bertz CT molecular complexity index is 798. The number of nitrogens with two attached hydrogens (primary N) is 1. The number of esters is 1. The summed E-state index contributed by atoms with van der Waals surface area (Å²) in [6.07, 6.45) is 3.28. The van der Waals surface area contributed by atoms with Gasteiger partial charge in [-0.15, -0.1) is 0 Å². The molecule has 1 atom stereocenters. The maximum atomic E-state index is 12.7. The van der Waals surface area contributed by atoms with Crippen molar-refractivity contribution in [1.82, 2.24) is 5.32 Å². The molecular formula is C21H28N2O3. The number of ether oxygens (including phenoxy) is 1. The molecule has 5 nitrogen and oxygen atoms in total. The molecular weight excluding hydrogens is 328 g/mol. The second kappa shape index (κ2) is 6.54. The number of nitrogens with one attached hydrogen (secondary N) is 1. The molecule has 0 aromatic heterocycles. The summed E-state index contributed by atoms with van der Waals surface area (Å²) in [6, 6.07) is 4.01. The van der Waals surface area contributed by atoms with Gasteiger partial charge in [-0.3, -0.25) is 4.79 Å². The lowest BCUT2D eigenvalue weighted by atomic mass is 9.89. The van der Waals surface area contributed by atoms with Crippen LogP contribution in [0.5, 0.6) is 0 Å². The van der Waals surface area contributed by atoms with Crippen LogP contribution in [0.1, 0.15) is 68.7 Å². The van der Waals surface area contributed by atoms with Crippen LogP contribution < -0.4 is 11.1 Å². The number of aryl methyl sites for hydroxylation is 2. The zero-order valence-corrected chi connectivity index (χ0v) is 16.2. The molecule has 1 aromatic carbocycles. The van der Waals surface area contributed by atoms with E-state index in [4.69, 9.17) is 10.5 Å². The predicted octanol–water partition coefficient (Wildman–Crippen LogP) is 2.94. The Morgan fingerprint density at radius 2 is 2.00 bits per heavy atom. The molecule has 1 aromatic rings. The van der Waals surface area contributed by atoms with Gasteiger partial charge in [0, 0.05) is 0 Å². The lowest BCUT2D eigenvalue weighted by Gasteiger charge is -2.20. The fourth-order valence-electron chi connectivity index (χ4n) is 3.45. The maximum Gasteiger partial charge on any atom is 0.330 e. The number of amides is 1. The maximum absolute atomic E-state index is 12.7. The fourth-order valence-corrected chi connectivity index (χ4v) is 3.45. The molecule has 1 unspecified atom stereocenters. The summed E-state index contributed by atoms with van der Waals surface area (Å²) < 4.78 is 5.60. The summed E-state index contributed by atoms with van der Waals surface area (Å²) >= 11 is 0. The van der Waals surface area contributed by atoms with Crippen LogP contribution in [0, 0.1) is 6.92 Å². The Labute approximate surface area is 155 Å². The first-order valence-electron chi connectivity index (χ1n) is 9.33. The Balaban J connectivity index is 2.12. The van der Waals surface area contributed by atoms with Gasteiger partial charge in [0.25, 0.3) is 5.91 Å². The van der Waals surface area contributed by atoms with Gasteiger partial charge in [0.1, 0.15) is 11.3 Å². The third kappa shape index (κ3) is 3.40. The summed E-state index contributed by atoms with van der Waals surface area (Å²) in [5, 5.41) is 2.87. The zero-order valence-electron chi connectivity index (χ0n) is 16.2. The second-order valence-corrected chi connectivity index (χ2v) is 8.05. The molecule has 0 radical (unpaired) electrons. The second-order valence-electron chi connectivity index (χ2n) is 8.05. The molecule has 1 fully saturated rings. The van der Waals surface area contributed by atoms with Crippen molar-refractivity contribution in [3.63, 3.8) is 0 Å². The number of carbonyl (C=O) groups is 2. The SMILES string of the molecule is CCc1cc(C2CC2)cc(C)c1C1=C(OC(=O)C(C)(C)N)C(C)NC1=O. The minimum Gasteiger partial charge on any atom is -0.427 e. The fraction of sp³-hybridized carbons (Fsp3) is 0.524. The number of rotatable bonds is 5. The first-order chi connectivity index (χ1) is 12.1. The molecule has 1 aliphatic carbocycles. The Morgan fingerprint density at radius 1 is 1.35 bits per heavy atom. The Morgan fingerprint density at radius 3 is 2.54 bits per heavy atom. The van der Waals surface area contributed by atoms with Crippen molar-refractivity contribution in [1.29, 1.82) is 0 Å². The molecule has 2 aliphatic rings. The van der Waals surface area contributed by atoms with E-state index >= 15 is 0 Å². The predicted molar refractivity (Wildman–Crippen MR) is 101 cm³/mol. The number of benzene rings is 1. The van der Waals surface area contributed by atoms with Crippen molar-refractivity contribution < 1.29 is 14.3 Å². The van der Waals surface area contributed by atoms with Gasteiger partial charge in [0.2, 0.25) is 0 Å². The van der Waals surface area contributed by atoms with E-state index in [9.17, 15) is 9.59 Å². The van der Waals surface area contributed by atoms with E-state index in [1.807, 2.05) is 13.8 Å². The van der Waals surface area contributed by atoms with E-state index < -0.39 is 11.5 Å². The van der Waals surface area contributed by atoms with Gasteiger partial charge in [-0.05, 0) is 75.1 Å². The van der Waals surface area contributed by atoms with Crippen molar-refractivity contribution in [3.05, 3.63) is 40.1 Å². The lowest BCUT2D eigenvalue weighted by Crippen LogP contribution is -2.43. The summed E-state index contributed by atoms with van der Waals surface area (Å²) in [7, 11) is 0. The van der Waals surface area contributed by atoms with Crippen molar-refractivity contribution >= 4 is 17.4 Å². The summed E-state index contributed by atoms with van der Waals surface area (Å²) in [5.41, 5.74) is 9.60. The quantitative estimate of drug-likeness (QED) is 0.795. The van der Waals surface area contributed by atoms with Crippen molar-refractivity contribution in [2.45, 2.75) is 71.4 Å². The number of hydrogen-bond acceptors (Lipinski definition) is 4. The first-order valence-corrected chi connectivity index (χ1v) is 9.33. The van der Waals surface area contributed by atoms with Crippen LogP contribution in [0.4, 0.5) is 0 Å². The molecule has 1 aliphatic heterocycles. The molecule has 0 bridgehead atoms. The standard InChI is InChI=1S/C21H28N2O3/c1-6-13-10-15(14-7-8-14)9-11(2)16(13)17-18(12(3)23-19(17)24)26-20(25)21(4,5)22/h9-10,12,14H,6-8,22H2,1-5H3,(H,23,24). The van der Waals surface area contributed by atoms with Gasteiger partial charge >= 0.3 is 5.97 Å². The summed E-state index contributed by atoms with van der Waals surface area (Å²) in [6.45, 7) is 9.11. The minimum atomic E-state index is -1.12. The monoisotopic (exact) mass is 356 g/mol. The van der Waals surface area contributed by atoms with E-state index in [0.29, 0.717) is 17.3 Å². The first kappa shape index (κ1) is 18.6. The van der Waals surface area contributed by atoms with E-state index in [-0.39, 0.29) is 11.9 Å². The van der Waals surface area contributed by atoms with Gasteiger partial charge in [-0.2, -0.15) is 0 Å². The van der Waals surface area contributed by atoms with Gasteiger partial charge in [0.15, 0.2) is 0 Å². The van der Waals surface area contributed by atoms with Gasteiger partial charge < -0.3 is 15.8 Å². The van der Waals surface area contributed by atoms with Crippen molar-refractivity contribution in [3.8, 4) is 0 Å². The highest BCUT2D eigenvalue weighted by Crippen LogP contribution is 2.43. The van der Waals surface area contributed by atoms with Gasteiger partial charge in [0.05, 0.1) is 11.6 Å². The molecule has 26 heavy (non-hydrogen) atoms. The molecule has 3 N–H and O–H groups in total. The van der Waals surface area contributed by atoms with Gasteiger partial charge in [-0.1, -0.05) is 19.1 Å². The molecule has 3 rings (SSSR count). The zero-order chi connectivity index (χ0) is 19.2. The van der Waals surface area contributed by atoms with E-state index in [2.05, 4.69) is 24.4 Å². The largest absolute Gasteiger partial charge is 0.427 e. The van der Waals surface area contributed by atoms with Crippen molar-refractivity contribution in [2.24, 2.45) is 5.73 Å². The smallest absolute Gasteiger partial charge is 0.330 e. The Hall–Kier alpha value is -2.14. The lowest BCUT2D eigenvalue weighted by molar-refractivity contribution is -0.144. The summed E-state index contributed by atoms with van der Waals surface area (Å²) in [5.74, 6) is 0.273. The number of hydrogen-bond donors (Lipinski definition) is 2. The summed E-state index contributed by atoms with van der Waals surface area (Å²) in [4.78, 5) is 25.0. The normalized spacial score (nSPS) is 20.4. The average molecular weight is 356 g/mol. The minimum absolute atomic E-state index is 0.202. The average Bonchev–Trinajstić information content (AvgIpc) is 3.34. The molecule has 5 heteroatoms. The van der Waals surface area contributed by atoms with Crippen molar-refractivity contribution in [2.75, 3.05) is 0 Å². The van der Waals surface area contributed by atoms with Crippen LogP contribution >= 0.6 is 0 Å². The highest BCUT2D eigenvalue weighted by atomic mass is 16.5. The van der Waals surface area contributed by atoms with Crippen LogP contribution in [0.25, 0.3) is 5.57 Å². The topological polar surface area (TPSA) is 81.4 Å². The highest BCUT2D eigenvalue weighted by Gasteiger charge is 2.37. The van der Waals surface area contributed by atoms with E-state index in [1.165, 1.54) is 18.4 Å². The number of carbonyl (C=O) groups excluding carboxylic acids is 2. The molecule has 1 saturated carbocycles. The third-order valence-electron chi connectivity index (χ3n) is 5.06. The van der Waals surface area contributed by atoms with Crippen LogP contribution in [0.3, 0.4) is 0 Å². The van der Waals surface area contributed by atoms with Crippen LogP contribution in [0.15, 0.2) is 17.9 Å². The van der Waals surface area contributed by atoms with Crippen LogP contribution in [-0.4, -0.2) is 23.5 Å². The van der Waals surface area contributed by atoms with Crippen LogP contribution in [-0.2, 0) is 20.7 Å².